The Bertz CT molecular complexity index is 866. The van der Waals surface area contributed by atoms with Crippen LogP contribution in [-0.2, 0) is 4.74 Å². The Labute approximate surface area is 168 Å². The Morgan fingerprint density at radius 1 is 1.34 bits per heavy atom. The van der Waals surface area contributed by atoms with Crippen molar-refractivity contribution in [2.75, 3.05) is 38.2 Å². The zero-order valence-electron chi connectivity index (χ0n) is 15.2. The van der Waals surface area contributed by atoms with Gasteiger partial charge in [0.15, 0.2) is 5.15 Å². The molecule has 4 heterocycles. The number of nitrogens with one attached hydrogen (secondary N) is 1. The van der Waals surface area contributed by atoms with Crippen LogP contribution in [0.4, 0.5) is 23.5 Å². The topological polar surface area (TPSA) is 76.8 Å². The van der Waals surface area contributed by atoms with E-state index in [-0.39, 0.29) is 36.8 Å². The molecule has 2 aromatic rings. The molecule has 1 unspecified atom stereocenters. The lowest BCUT2D eigenvalue weighted by atomic mass is 10.1. The van der Waals surface area contributed by atoms with Crippen molar-refractivity contribution in [2.24, 2.45) is 0 Å². The maximum atomic E-state index is 14.0. The van der Waals surface area contributed by atoms with E-state index in [1.807, 2.05) is 0 Å². The molecule has 4 rings (SSSR count). The Balaban J connectivity index is 1.48. The number of aromatic nitrogens is 4. The molecular weight excluding hydrogens is 420 g/mol. The minimum Gasteiger partial charge on any atom is -0.459 e. The molecule has 2 aliphatic heterocycles. The van der Waals surface area contributed by atoms with Crippen LogP contribution in [0.2, 0.25) is 5.15 Å². The molecule has 0 amide bonds. The largest absolute Gasteiger partial charge is 0.459 e. The number of anilines is 1. The maximum absolute atomic E-state index is 14.0. The van der Waals surface area contributed by atoms with Gasteiger partial charge in [0.1, 0.15) is 17.8 Å². The third-order valence-electron chi connectivity index (χ3n) is 4.82. The molecule has 0 spiro atoms. The van der Waals surface area contributed by atoms with E-state index < -0.39 is 31.0 Å². The van der Waals surface area contributed by atoms with Crippen molar-refractivity contribution in [3.63, 3.8) is 0 Å². The van der Waals surface area contributed by atoms with Crippen molar-refractivity contribution in [3.8, 4) is 6.01 Å². The second-order valence-electron chi connectivity index (χ2n) is 7.07. The smallest absolute Gasteiger partial charge is 0.401 e. The van der Waals surface area contributed by atoms with Crippen molar-refractivity contribution in [1.29, 1.82) is 0 Å². The fourth-order valence-electron chi connectivity index (χ4n) is 3.44. The van der Waals surface area contributed by atoms with Gasteiger partial charge in [-0.1, -0.05) is 11.6 Å². The molecule has 0 radical (unpaired) electrons. The van der Waals surface area contributed by atoms with Gasteiger partial charge < -0.3 is 14.8 Å². The van der Waals surface area contributed by atoms with Gasteiger partial charge in [0.2, 0.25) is 5.95 Å². The molecule has 2 saturated heterocycles. The van der Waals surface area contributed by atoms with E-state index in [9.17, 15) is 17.6 Å². The van der Waals surface area contributed by atoms with E-state index in [1.54, 1.807) is 0 Å². The Morgan fingerprint density at radius 2 is 2.17 bits per heavy atom. The van der Waals surface area contributed by atoms with Gasteiger partial charge >= 0.3 is 12.2 Å². The summed E-state index contributed by atoms with van der Waals surface area (Å²) in [5, 5.41) is 7.30. The Hall–Kier alpha value is -1.92. The molecule has 13 heteroatoms. The highest BCUT2D eigenvalue weighted by molar-refractivity contribution is 6.32. The minimum absolute atomic E-state index is 0.00127. The summed E-state index contributed by atoms with van der Waals surface area (Å²) in [6.45, 7) is -0.164. The van der Waals surface area contributed by atoms with E-state index in [1.165, 1.54) is 15.6 Å². The third kappa shape index (κ3) is 4.81. The van der Waals surface area contributed by atoms with E-state index >= 15 is 0 Å². The van der Waals surface area contributed by atoms with E-state index in [0.717, 1.165) is 0 Å². The number of fused-ring (bicyclic) bond motifs is 1. The summed E-state index contributed by atoms with van der Waals surface area (Å²) in [5.41, 5.74) is 0.376. The number of halogens is 5. The SMILES string of the molecule is F[C@@H]1COCC[C@H]1Nc1ncc2c(Cl)nc(OC3CCN(CC(F)(F)F)C3)n2n1. The number of likely N-dealkylation sites (tertiary alicyclic amines) is 1. The van der Waals surface area contributed by atoms with E-state index in [4.69, 9.17) is 21.1 Å². The number of nitrogens with zero attached hydrogens (tertiary/aromatic N) is 5. The van der Waals surface area contributed by atoms with Crippen molar-refractivity contribution in [1.82, 2.24) is 24.5 Å². The Kier molecular flexibility index (Phi) is 5.67. The first-order valence-electron chi connectivity index (χ1n) is 9.14. The first-order valence-corrected chi connectivity index (χ1v) is 9.52. The number of hydrogen-bond acceptors (Lipinski definition) is 7. The molecule has 1 N–H and O–H groups in total. The normalized spacial score (nSPS) is 26.2. The summed E-state index contributed by atoms with van der Waals surface area (Å²) in [6.07, 6.45) is -3.61. The van der Waals surface area contributed by atoms with Crippen LogP contribution in [0.1, 0.15) is 12.8 Å². The number of alkyl halides is 4. The zero-order valence-corrected chi connectivity index (χ0v) is 16.0. The Morgan fingerprint density at radius 3 is 2.93 bits per heavy atom. The van der Waals surface area contributed by atoms with Crippen LogP contribution in [0.25, 0.3) is 5.52 Å². The van der Waals surface area contributed by atoms with Gasteiger partial charge in [0, 0.05) is 19.7 Å². The van der Waals surface area contributed by atoms with Crippen LogP contribution in [0, 0.1) is 0 Å². The highest BCUT2D eigenvalue weighted by Crippen LogP contribution is 2.26. The number of rotatable bonds is 5. The molecule has 2 aliphatic rings. The molecule has 2 fully saturated rings. The highest BCUT2D eigenvalue weighted by atomic mass is 35.5. The first kappa shape index (κ1) is 20.4. The molecular formula is C16H19ClF4N6O2. The predicted molar refractivity (Wildman–Crippen MR) is 95.1 cm³/mol. The van der Waals surface area contributed by atoms with Crippen molar-refractivity contribution in [2.45, 2.75) is 37.3 Å². The van der Waals surface area contributed by atoms with Gasteiger partial charge in [-0.15, -0.1) is 5.10 Å². The zero-order chi connectivity index (χ0) is 20.6. The lowest BCUT2D eigenvalue weighted by Crippen LogP contribution is -2.39. The van der Waals surface area contributed by atoms with Gasteiger partial charge in [0.05, 0.1) is 25.4 Å². The first-order chi connectivity index (χ1) is 13.8. The van der Waals surface area contributed by atoms with Gasteiger partial charge in [-0.3, -0.25) is 4.90 Å². The van der Waals surface area contributed by atoms with Gasteiger partial charge in [-0.2, -0.15) is 22.7 Å². The summed E-state index contributed by atoms with van der Waals surface area (Å²) in [4.78, 5) is 9.50. The lowest BCUT2D eigenvalue weighted by Gasteiger charge is -2.26. The van der Waals surface area contributed by atoms with Crippen LogP contribution in [0.5, 0.6) is 6.01 Å². The molecule has 29 heavy (non-hydrogen) atoms. The van der Waals surface area contributed by atoms with Crippen molar-refractivity contribution >= 4 is 23.1 Å². The van der Waals surface area contributed by atoms with Gasteiger partial charge in [0.25, 0.3) is 0 Å². The molecule has 8 nitrogen and oxygen atoms in total. The van der Waals surface area contributed by atoms with E-state index in [0.29, 0.717) is 25.0 Å². The van der Waals surface area contributed by atoms with Gasteiger partial charge in [-0.25, -0.2) is 9.37 Å². The summed E-state index contributed by atoms with van der Waals surface area (Å²) < 4.78 is 63.8. The van der Waals surface area contributed by atoms with Crippen molar-refractivity contribution < 1.29 is 27.0 Å². The second kappa shape index (κ2) is 8.07. The maximum Gasteiger partial charge on any atom is 0.401 e. The summed E-state index contributed by atoms with van der Waals surface area (Å²) in [6, 6.07) is -0.437. The molecule has 0 saturated carbocycles. The number of hydrogen-bond donors (Lipinski definition) is 1. The second-order valence-corrected chi connectivity index (χ2v) is 7.43. The molecule has 0 aromatic carbocycles. The summed E-state index contributed by atoms with van der Waals surface area (Å²) in [5.74, 6) is 0.163. The number of ether oxygens (including phenoxy) is 2. The average Bonchev–Trinajstić information content (AvgIpc) is 3.20. The van der Waals surface area contributed by atoms with Crippen LogP contribution in [0.15, 0.2) is 6.20 Å². The lowest BCUT2D eigenvalue weighted by molar-refractivity contribution is -0.144. The van der Waals surface area contributed by atoms with Crippen LogP contribution < -0.4 is 10.1 Å². The fourth-order valence-corrected chi connectivity index (χ4v) is 3.64. The molecule has 3 atom stereocenters. The monoisotopic (exact) mass is 438 g/mol. The minimum atomic E-state index is -4.26. The van der Waals surface area contributed by atoms with Crippen LogP contribution in [0.3, 0.4) is 0 Å². The molecule has 0 aliphatic carbocycles. The number of imidazole rings is 1. The highest BCUT2D eigenvalue weighted by Gasteiger charge is 2.35. The molecule has 160 valence electrons. The quantitative estimate of drug-likeness (QED) is 0.718. The standard InChI is InChI=1S/C16H19ClF4N6O2/c17-13-12-5-22-14(23-11-2-4-28-7-10(11)18)25-27(12)15(24-13)29-9-1-3-26(6-9)8-16(19,20)21/h5,9-11H,1-4,6-8H2,(H,23,25)/t9?,10-,11-/m1/s1. The van der Waals surface area contributed by atoms with Crippen LogP contribution >= 0.6 is 11.6 Å². The van der Waals surface area contributed by atoms with Crippen LogP contribution in [-0.4, -0.2) is 81.8 Å². The van der Waals surface area contributed by atoms with E-state index in [2.05, 4.69) is 20.4 Å². The predicted octanol–water partition coefficient (Wildman–Crippen LogP) is 2.33. The molecule has 2 aromatic heterocycles. The van der Waals surface area contributed by atoms with Gasteiger partial charge in [-0.05, 0) is 12.8 Å². The fraction of sp³-hybridized carbons (Fsp3) is 0.688. The van der Waals surface area contributed by atoms with Crippen molar-refractivity contribution in [3.05, 3.63) is 11.3 Å². The summed E-state index contributed by atoms with van der Waals surface area (Å²) in [7, 11) is 0. The summed E-state index contributed by atoms with van der Waals surface area (Å²) >= 11 is 6.10. The third-order valence-corrected chi connectivity index (χ3v) is 5.10. The molecule has 0 bridgehead atoms. The average molecular weight is 439 g/mol.